The average Bonchev–Trinajstić information content (AvgIpc) is 3.20. The van der Waals surface area contributed by atoms with Crippen LogP contribution in [0, 0.1) is 0 Å². The van der Waals surface area contributed by atoms with E-state index in [1.807, 2.05) is 0 Å². The van der Waals surface area contributed by atoms with Crippen LogP contribution in [0.5, 0.6) is 0 Å². The number of carbonyl (C=O) groups excluding carboxylic acids is 1. The van der Waals surface area contributed by atoms with E-state index in [4.69, 9.17) is 24.3 Å². The molecule has 0 radical (unpaired) electrons. The van der Waals surface area contributed by atoms with Gasteiger partial charge in [0.1, 0.15) is 6.10 Å². The molecule has 340 valence electrons. The van der Waals surface area contributed by atoms with Gasteiger partial charge in [-0.1, -0.05) is 219 Å². The van der Waals surface area contributed by atoms with Gasteiger partial charge in [0.05, 0.1) is 19.8 Å². The summed E-state index contributed by atoms with van der Waals surface area (Å²) in [6.07, 6.45) is 51.1. The molecule has 0 aromatic heterocycles. The van der Waals surface area contributed by atoms with Crippen LogP contribution in [0.2, 0.25) is 0 Å². The van der Waals surface area contributed by atoms with Crippen LogP contribution in [0.15, 0.2) is 12.2 Å². The molecule has 0 aromatic carbocycles. The zero-order valence-electron chi connectivity index (χ0n) is 37.9. The highest BCUT2D eigenvalue weighted by molar-refractivity contribution is 7.47. The first-order valence-electron chi connectivity index (χ1n) is 24.7. The molecule has 0 bridgehead atoms. The molecule has 0 amide bonds. The fourth-order valence-electron chi connectivity index (χ4n) is 7.29. The number of phosphoric acid groups is 1. The van der Waals surface area contributed by atoms with Crippen molar-refractivity contribution in [2.24, 2.45) is 5.73 Å². The van der Waals surface area contributed by atoms with Gasteiger partial charge in [-0.3, -0.25) is 13.8 Å². The molecule has 2 unspecified atom stereocenters. The van der Waals surface area contributed by atoms with Crippen molar-refractivity contribution < 1.29 is 32.8 Å². The Morgan fingerprint density at radius 2 is 0.877 bits per heavy atom. The number of esters is 1. The molecule has 0 spiro atoms. The summed E-state index contributed by atoms with van der Waals surface area (Å²) in [7, 11) is -4.27. The van der Waals surface area contributed by atoms with Crippen LogP contribution in [-0.2, 0) is 27.9 Å². The van der Waals surface area contributed by atoms with Gasteiger partial charge >= 0.3 is 13.8 Å². The Kier molecular flexibility index (Phi) is 45.7. The number of nitrogens with two attached hydrogens (primary N) is 1. The number of hydrogen-bond acceptors (Lipinski definition) is 7. The molecule has 57 heavy (non-hydrogen) atoms. The van der Waals surface area contributed by atoms with Crippen LogP contribution in [0.3, 0.4) is 0 Å². The van der Waals surface area contributed by atoms with E-state index in [0.29, 0.717) is 13.0 Å². The average molecular weight is 830 g/mol. The van der Waals surface area contributed by atoms with Crippen LogP contribution in [0.1, 0.15) is 251 Å². The summed E-state index contributed by atoms with van der Waals surface area (Å²) in [6.45, 7) is 4.94. The van der Waals surface area contributed by atoms with Crippen LogP contribution in [0.4, 0.5) is 0 Å². The van der Waals surface area contributed by atoms with Gasteiger partial charge in [-0.25, -0.2) is 4.57 Å². The predicted octanol–water partition coefficient (Wildman–Crippen LogP) is 15.0. The molecule has 8 nitrogen and oxygen atoms in total. The molecular formula is C48H96NO7P. The number of rotatable bonds is 48. The summed E-state index contributed by atoms with van der Waals surface area (Å²) in [5, 5.41) is 0. The first-order chi connectivity index (χ1) is 27.9. The Bertz CT molecular complexity index is 889. The number of carbonyl (C=O) groups is 1. The first kappa shape index (κ1) is 56.2. The Hall–Kier alpha value is -0.760. The highest BCUT2D eigenvalue weighted by atomic mass is 31.2. The molecule has 0 rings (SSSR count). The summed E-state index contributed by atoms with van der Waals surface area (Å²) in [4.78, 5) is 22.5. The van der Waals surface area contributed by atoms with E-state index in [1.54, 1.807) is 0 Å². The van der Waals surface area contributed by atoms with E-state index in [1.165, 1.54) is 199 Å². The first-order valence-corrected chi connectivity index (χ1v) is 26.2. The predicted molar refractivity (Wildman–Crippen MR) is 243 cm³/mol. The summed E-state index contributed by atoms with van der Waals surface area (Å²) < 4.78 is 33.5. The van der Waals surface area contributed by atoms with Crippen LogP contribution in [-0.4, -0.2) is 49.9 Å². The van der Waals surface area contributed by atoms with E-state index in [-0.39, 0.29) is 32.3 Å². The lowest BCUT2D eigenvalue weighted by Crippen LogP contribution is -2.28. The SMILES string of the molecule is CCCCC/C=C\CCCCCCCCOCC(COP(=O)(O)OCCN)OC(=O)CCCCCCCCCCCCCCCCCCCCCCCCCCC. The van der Waals surface area contributed by atoms with Gasteiger partial charge in [-0.2, -0.15) is 0 Å². The van der Waals surface area contributed by atoms with Gasteiger partial charge in [0.25, 0.3) is 0 Å². The Morgan fingerprint density at radius 1 is 0.509 bits per heavy atom. The molecule has 0 saturated carbocycles. The van der Waals surface area contributed by atoms with Crippen LogP contribution in [0.25, 0.3) is 0 Å². The summed E-state index contributed by atoms with van der Waals surface area (Å²) in [5.41, 5.74) is 5.38. The van der Waals surface area contributed by atoms with Gasteiger partial charge in [0.15, 0.2) is 0 Å². The van der Waals surface area contributed by atoms with Gasteiger partial charge in [0.2, 0.25) is 0 Å². The van der Waals surface area contributed by atoms with Crippen molar-refractivity contribution in [3.8, 4) is 0 Å². The maximum atomic E-state index is 12.6. The van der Waals surface area contributed by atoms with E-state index >= 15 is 0 Å². The lowest BCUT2D eigenvalue weighted by atomic mass is 10.0. The summed E-state index contributed by atoms with van der Waals surface area (Å²) in [6, 6.07) is 0. The monoisotopic (exact) mass is 830 g/mol. The maximum absolute atomic E-state index is 12.6. The fraction of sp³-hybridized carbons (Fsp3) is 0.938. The number of ether oxygens (including phenoxy) is 2. The van der Waals surface area contributed by atoms with E-state index in [2.05, 4.69) is 26.0 Å². The van der Waals surface area contributed by atoms with Crippen molar-refractivity contribution in [1.82, 2.24) is 0 Å². The molecule has 0 aromatic rings. The summed E-state index contributed by atoms with van der Waals surface area (Å²) >= 11 is 0. The number of phosphoric ester groups is 1. The van der Waals surface area contributed by atoms with Crippen molar-refractivity contribution in [3.63, 3.8) is 0 Å². The second-order valence-corrected chi connectivity index (χ2v) is 18.1. The number of hydrogen-bond donors (Lipinski definition) is 2. The van der Waals surface area contributed by atoms with E-state index in [9.17, 15) is 14.3 Å². The minimum absolute atomic E-state index is 0.0932. The van der Waals surface area contributed by atoms with Crippen molar-refractivity contribution in [2.45, 2.75) is 258 Å². The van der Waals surface area contributed by atoms with Gasteiger partial charge in [-0.05, 0) is 38.5 Å². The Labute approximate surface area is 354 Å². The largest absolute Gasteiger partial charge is 0.472 e. The van der Waals surface area contributed by atoms with Crippen LogP contribution >= 0.6 is 7.82 Å². The molecule has 9 heteroatoms. The van der Waals surface area contributed by atoms with Gasteiger partial charge in [0, 0.05) is 19.6 Å². The molecule has 0 aliphatic heterocycles. The number of unbranched alkanes of at least 4 members (excludes halogenated alkanes) is 33. The minimum Gasteiger partial charge on any atom is -0.457 e. The quantitative estimate of drug-likeness (QED) is 0.0269. The minimum atomic E-state index is -4.27. The summed E-state index contributed by atoms with van der Waals surface area (Å²) in [5.74, 6) is -0.326. The topological polar surface area (TPSA) is 117 Å². The third-order valence-corrected chi connectivity index (χ3v) is 11.9. The highest BCUT2D eigenvalue weighted by Gasteiger charge is 2.25. The normalized spacial score (nSPS) is 13.4. The molecule has 0 aliphatic rings. The van der Waals surface area contributed by atoms with E-state index in [0.717, 1.165) is 32.1 Å². The fourth-order valence-corrected chi connectivity index (χ4v) is 8.05. The zero-order chi connectivity index (χ0) is 41.6. The maximum Gasteiger partial charge on any atom is 0.472 e. The highest BCUT2D eigenvalue weighted by Crippen LogP contribution is 2.43. The van der Waals surface area contributed by atoms with Crippen LogP contribution < -0.4 is 5.73 Å². The Balaban J connectivity index is 3.84. The number of allylic oxidation sites excluding steroid dienone is 2. The zero-order valence-corrected chi connectivity index (χ0v) is 38.7. The van der Waals surface area contributed by atoms with Gasteiger partial charge in [-0.15, -0.1) is 0 Å². The second-order valence-electron chi connectivity index (χ2n) is 16.7. The van der Waals surface area contributed by atoms with Crippen molar-refractivity contribution in [2.75, 3.05) is 33.0 Å². The third kappa shape index (κ3) is 46.2. The smallest absolute Gasteiger partial charge is 0.457 e. The Morgan fingerprint density at radius 3 is 1.32 bits per heavy atom. The second kappa shape index (κ2) is 46.3. The van der Waals surface area contributed by atoms with Crippen molar-refractivity contribution >= 4 is 13.8 Å². The molecule has 0 saturated heterocycles. The standard InChI is InChI=1S/C48H96NO7P/c1-3-5-7-9-11-13-15-17-18-19-20-21-22-23-24-25-26-27-28-29-31-33-35-37-39-41-48(50)56-47(46-55-57(51,52)54-44-42-49)45-53-43-40-38-36-34-32-30-16-14-12-10-8-6-4-2/h12,14,47H,3-11,13,15-46,49H2,1-2H3,(H,51,52)/b14-12-. The molecule has 0 heterocycles. The molecule has 3 N–H and O–H groups in total. The van der Waals surface area contributed by atoms with Crippen molar-refractivity contribution in [1.29, 1.82) is 0 Å². The molecular weight excluding hydrogens is 734 g/mol. The lowest BCUT2D eigenvalue weighted by Gasteiger charge is -2.20. The van der Waals surface area contributed by atoms with Crippen molar-refractivity contribution in [3.05, 3.63) is 12.2 Å². The lowest BCUT2D eigenvalue weighted by molar-refractivity contribution is -0.154. The third-order valence-electron chi connectivity index (χ3n) is 10.9. The van der Waals surface area contributed by atoms with E-state index < -0.39 is 13.9 Å². The molecule has 0 fully saturated rings. The van der Waals surface area contributed by atoms with Gasteiger partial charge < -0.3 is 20.1 Å². The molecule has 2 atom stereocenters. The molecule has 0 aliphatic carbocycles.